The Kier molecular flexibility index (Phi) is 7.18. The molecule has 0 spiro atoms. The zero-order chi connectivity index (χ0) is 20.9. The van der Waals surface area contributed by atoms with Gasteiger partial charge in [-0.15, -0.1) is 0 Å². The molecule has 0 saturated carbocycles. The van der Waals surface area contributed by atoms with Gasteiger partial charge in [0.15, 0.2) is 0 Å². The number of nitrogens with one attached hydrogen (secondary N) is 1. The van der Waals surface area contributed by atoms with E-state index in [1.807, 2.05) is 19.1 Å². The van der Waals surface area contributed by atoms with E-state index in [4.69, 9.17) is 0 Å². The number of hydrogen-bond donors (Lipinski definition) is 1. The lowest BCUT2D eigenvalue weighted by Crippen LogP contribution is -2.52. The Bertz CT molecular complexity index is 879. The first-order chi connectivity index (χ1) is 14.6. The Labute approximate surface area is 180 Å². The lowest BCUT2D eigenvalue weighted by atomic mass is 10.0. The van der Waals surface area contributed by atoms with E-state index in [2.05, 4.69) is 37.8 Å². The standard InChI is InChI=1S/C24H37N5O/c1-19-25-22-9-6-8-20(23(22)24(30)26-19)7-4-3-5-12-28-13-10-21(11-14-28)29-17-15-27(2)16-18-29/h6,8-9,21H,3-5,7,10-18H2,1-2H3,(H,25,26,30). The zero-order valence-electron chi connectivity index (χ0n) is 18.7. The summed E-state index contributed by atoms with van der Waals surface area (Å²) >= 11 is 0. The molecule has 1 aromatic carbocycles. The van der Waals surface area contributed by atoms with Gasteiger partial charge in [0.1, 0.15) is 5.82 Å². The molecule has 3 heterocycles. The number of rotatable bonds is 7. The van der Waals surface area contributed by atoms with Crippen LogP contribution in [0.4, 0.5) is 0 Å². The monoisotopic (exact) mass is 411 g/mol. The predicted molar refractivity (Wildman–Crippen MR) is 123 cm³/mol. The molecule has 1 aromatic heterocycles. The van der Waals surface area contributed by atoms with Crippen molar-refractivity contribution in [3.63, 3.8) is 0 Å². The fourth-order valence-corrected chi connectivity index (χ4v) is 5.11. The van der Waals surface area contributed by atoms with E-state index in [1.165, 1.54) is 71.5 Å². The number of H-pyrrole nitrogens is 1. The first-order valence-electron chi connectivity index (χ1n) is 11.7. The molecule has 0 bridgehead atoms. The maximum atomic E-state index is 12.4. The molecule has 0 aliphatic carbocycles. The van der Waals surface area contributed by atoms with Crippen molar-refractivity contribution in [2.45, 2.75) is 51.5 Å². The van der Waals surface area contributed by atoms with Crippen LogP contribution in [0.5, 0.6) is 0 Å². The van der Waals surface area contributed by atoms with Crippen LogP contribution < -0.4 is 5.56 Å². The van der Waals surface area contributed by atoms with Crippen molar-refractivity contribution in [2.24, 2.45) is 0 Å². The van der Waals surface area contributed by atoms with E-state index in [1.54, 1.807) is 0 Å². The van der Waals surface area contributed by atoms with Gasteiger partial charge in [0, 0.05) is 32.2 Å². The van der Waals surface area contributed by atoms with E-state index in [0.29, 0.717) is 5.82 Å². The summed E-state index contributed by atoms with van der Waals surface area (Å²) in [6.45, 7) is 10.5. The number of hydrogen-bond acceptors (Lipinski definition) is 5. The van der Waals surface area contributed by atoms with Crippen molar-refractivity contribution in [1.82, 2.24) is 24.7 Å². The summed E-state index contributed by atoms with van der Waals surface area (Å²) in [5.74, 6) is 0.682. The van der Waals surface area contributed by atoms with Gasteiger partial charge in [-0.1, -0.05) is 18.6 Å². The molecule has 2 aliphatic rings. The highest BCUT2D eigenvalue weighted by molar-refractivity contribution is 5.81. The summed E-state index contributed by atoms with van der Waals surface area (Å²) < 4.78 is 0. The number of aryl methyl sites for hydroxylation is 2. The molecule has 4 rings (SSSR count). The molecule has 0 amide bonds. The number of fused-ring (bicyclic) bond motifs is 1. The maximum Gasteiger partial charge on any atom is 0.259 e. The van der Waals surface area contributed by atoms with Crippen molar-refractivity contribution in [3.8, 4) is 0 Å². The Balaban J connectivity index is 1.17. The highest BCUT2D eigenvalue weighted by Gasteiger charge is 2.26. The highest BCUT2D eigenvalue weighted by Crippen LogP contribution is 2.19. The largest absolute Gasteiger partial charge is 0.310 e. The molecule has 30 heavy (non-hydrogen) atoms. The second-order valence-electron chi connectivity index (χ2n) is 9.19. The highest BCUT2D eigenvalue weighted by atomic mass is 16.1. The number of likely N-dealkylation sites (N-methyl/N-ethyl adjacent to an activating group) is 1. The van der Waals surface area contributed by atoms with Crippen molar-refractivity contribution >= 4 is 10.9 Å². The third-order valence-electron chi connectivity index (χ3n) is 6.97. The Morgan fingerprint density at radius 2 is 1.80 bits per heavy atom. The van der Waals surface area contributed by atoms with Gasteiger partial charge in [0.2, 0.25) is 0 Å². The lowest BCUT2D eigenvalue weighted by molar-refractivity contribution is 0.0673. The minimum absolute atomic E-state index is 0.00341. The van der Waals surface area contributed by atoms with Crippen LogP contribution in [-0.4, -0.2) is 83.6 Å². The van der Waals surface area contributed by atoms with Gasteiger partial charge in [-0.05, 0) is 77.3 Å². The minimum atomic E-state index is -0.00341. The topological polar surface area (TPSA) is 55.5 Å². The van der Waals surface area contributed by atoms with Crippen LogP contribution in [0.15, 0.2) is 23.0 Å². The number of unbranched alkanes of at least 4 members (excludes halogenated alkanes) is 2. The van der Waals surface area contributed by atoms with Gasteiger partial charge < -0.3 is 14.8 Å². The van der Waals surface area contributed by atoms with Crippen LogP contribution >= 0.6 is 0 Å². The quantitative estimate of drug-likeness (QED) is 0.710. The number of piperidine rings is 1. The molecule has 2 saturated heterocycles. The first-order valence-corrected chi connectivity index (χ1v) is 11.7. The Hall–Kier alpha value is -1.76. The number of nitrogens with zero attached hydrogens (tertiary/aromatic N) is 4. The molecule has 6 nitrogen and oxygen atoms in total. The van der Waals surface area contributed by atoms with Crippen LogP contribution in [0.3, 0.4) is 0 Å². The summed E-state index contributed by atoms with van der Waals surface area (Å²) in [6.07, 6.45) is 7.20. The summed E-state index contributed by atoms with van der Waals surface area (Å²) in [4.78, 5) is 27.5. The fraction of sp³-hybridized carbons (Fsp3) is 0.667. The van der Waals surface area contributed by atoms with Gasteiger partial charge in [0.05, 0.1) is 10.9 Å². The molecule has 2 fully saturated rings. The van der Waals surface area contributed by atoms with Crippen molar-refractivity contribution < 1.29 is 0 Å². The van der Waals surface area contributed by atoms with E-state index < -0.39 is 0 Å². The second kappa shape index (κ2) is 10.0. The SMILES string of the molecule is Cc1nc2cccc(CCCCCN3CCC(N4CCN(C)CC4)CC3)c2c(=O)[nH]1. The average molecular weight is 412 g/mol. The van der Waals surface area contributed by atoms with Crippen molar-refractivity contribution in [3.05, 3.63) is 39.9 Å². The van der Waals surface area contributed by atoms with E-state index in [0.717, 1.165) is 35.3 Å². The summed E-state index contributed by atoms with van der Waals surface area (Å²) in [6, 6.07) is 6.84. The van der Waals surface area contributed by atoms with E-state index in [9.17, 15) is 4.79 Å². The van der Waals surface area contributed by atoms with Crippen molar-refractivity contribution in [2.75, 3.05) is 52.9 Å². The third-order valence-corrected chi connectivity index (χ3v) is 6.97. The first kappa shape index (κ1) is 21.5. The van der Waals surface area contributed by atoms with E-state index in [-0.39, 0.29) is 5.56 Å². The van der Waals surface area contributed by atoms with Crippen LogP contribution in [0.2, 0.25) is 0 Å². The Morgan fingerprint density at radius 1 is 1.03 bits per heavy atom. The van der Waals surface area contributed by atoms with Crippen LogP contribution in [0.1, 0.15) is 43.5 Å². The molecule has 0 atom stereocenters. The predicted octanol–water partition coefficient (Wildman–Crippen LogP) is 2.66. The molecular weight excluding hydrogens is 374 g/mol. The molecule has 1 N–H and O–H groups in total. The Morgan fingerprint density at radius 3 is 2.57 bits per heavy atom. The van der Waals surface area contributed by atoms with E-state index >= 15 is 0 Å². The molecule has 0 radical (unpaired) electrons. The van der Waals surface area contributed by atoms with Crippen molar-refractivity contribution in [1.29, 1.82) is 0 Å². The molecule has 2 aliphatic heterocycles. The molecule has 2 aromatic rings. The summed E-state index contributed by atoms with van der Waals surface area (Å²) in [5.41, 5.74) is 1.95. The van der Waals surface area contributed by atoms with Gasteiger partial charge in [-0.2, -0.15) is 0 Å². The van der Waals surface area contributed by atoms with Gasteiger partial charge in [-0.3, -0.25) is 9.69 Å². The zero-order valence-corrected chi connectivity index (χ0v) is 18.7. The summed E-state index contributed by atoms with van der Waals surface area (Å²) in [7, 11) is 2.23. The molecular formula is C24H37N5O. The number of likely N-dealkylation sites (tertiary alicyclic amines) is 1. The molecule has 0 unspecified atom stereocenters. The minimum Gasteiger partial charge on any atom is -0.310 e. The molecule has 164 valence electrons. The summed E-state index contributed by atoms with van der Waals surface area (Å²) in [5, 5.41) is 0.772. The number of benzene rings is 1. The van der Waals surface area contributed by atoms with Gasteiger partial charge >= 0.3 is 0 Å². The van der Waals surface area contributed by atoms with Crippen LogP contribution in [0, 0.1) is 6.92 Å². The van der Waals surface area contributed by atoms with Gasteiger partial charge in [-0.25, -0.2) is 4.98 Å². The number of aromatic nitrogens is 2. The average Bonchev–Trinajstić information content (AvgIpc) is 2.74. The maximum absolute atomic E-state index is 12.4. The smallest absolute Gasteiger partial charge is 0.259 e. The second-order valence-corrected chi connectivity index (χ2v) is 9.19. The van der Waals surface area contributed by atoms with Crippen LogP contribution in [-0.2, 0) is 6.42 Å². The third kappa shape index (κ3) is 5.29. The van der Waals surface area contributed by atoms with Gasteiger partial charge in [0.25, 0.3) is 5.56 Å². The molecule has 6 heteroatoms. The van der Waals surface area contributed by atoms with Crippen LogP contribution in [0.25, 0.3) is 10.9 Å². The number of piperazine rings is 1. The lowest BCUT2D eigenvalue weighted by Gasteiger charge is -2.42. The normalized spacial score (nSPS) is 20.2. The number of aromatic amines is 1. The fourth-order valence-electron chi connectivity index (χ4n) is 5.11.